The first-order valence-electron chi connectivity index (χ1n) is 10.5. The predicted octanol–water partition coefficient (Wildman–Crippen LogP) is 3.46. The molecule has 4 rings (SSSR count). The largest absolute Gasteiger partial charge is 0.391 e. The fourth-order valence-electron chi connectivity index (χ4n) is 3.94. The third kappa shape index (κ3) is 4.94. The Labute approximate surface area is 186 Å². The Kier molecular flexibility index (Phi) is 6.34. The molecule has 0 spiro atoms. The number of hydrogen-bond acceptors (Lipinski definition) is 5. The van der Waals surface area contributed by atoms with E-state index in [1.807, 2.05) is 31.4 Å². The number of aliphatic hydroxyl groups excluding tert-OH is 1. The molecule has 7 nitrogen and oxygen atoms in total. The van der Waals surface area contributed by atoms with Gasteiger partial charge in [-0.05, 0) is 49.1 Å². The van der Waals surface area contributed by atoms with Crippen LogP contribution < -0.4 is 5.32 Å². The van der Waals surface area contributed by atoms with Crippen LogP contribution >= 0.6 is 11.6 Å². The Bertz CT molecular complexity index is 1080. The summed E-state index contributed by atoms with van der Waals surface area (Å²) in [6.07, 6.45) is 7.19. The quantitative estimate of drug-likeness (QED) is 0.635. The van der Waals surface area contributed by atoms with Crippen molar-refractivity contribution in [2.24, 2.45) is 7.05 Å². The second-order valence-electron chi connectivity index (χ2n) is 8.10. The Balaban J connectivity index is 1.51. The summed E-state index contributed by atoms with van der Waals surface area (Å²) >= 11 is 6.50. The highest BCUT2D eigenvalue weighted by Gasteiger charge is 2.25. The van der Waals surface area contributed by atoms with Crippen LogP contribution in [0.2, 0.25) is 5.02 Å². The van der Waals surface area contributed by atoms with E-state index in [1.165, 1.54) is 0 Å². The molecule has 1 aliphatic rings. The first kappa shape index (κ1) is 21.5. The van der Waals surface area contributed by atoms with Crippen molar-refractivity contribution in [1.82, 2.24) is 25.1 Å². The smallest absolute Gasteiger partial charge is 0.270 e. The Hall–Kier alpha value is -2.77. The van der Waals surface area contributed by atoms with E-state index in [1.54, 1.807) is 23.9 Å². The van der Waals surface area contributed by atoms with Crippen molar-refractivity contribution >= 4 is 17.5 Å². The number of rotatable bonds is 5. The molecule has 162 valence electrons. The van der Waals surface area contributed by atoms with Gasteiger partial charge in [0.15, 0.2) is 0 Å². The molecule has 8 heteroatoms. The zero-order valence-electron chi connectivity index (χ0n) is 17.7. The number of nitrogens with one attached hydrogen (secondary N) is 1. The molecule has 1 fully saturated rings. The average molecular weight is 440 g/mol. The third-order valence-electron chi connectivity index (χ3n) is 5.67. The fourth-order valence-corrected chi connectivity index (χ4v) is 4.11. The maximum atomic E-state index is 12.8. The van der Waals surface area contributed by atoms with Crippen molar-refractivity contribution in [2.75, 3.05) is 0 Å². The predicted molar refractivity (Wildman–Crippen MR) is 119 cm³/mol. The molecule has 1 amide bonds. The molecule has 1 aliphatic carbocycles. The lowest BCUT2D eigenvalue weighted by molar-refractivity contribution is 0.0713. The van der Waals surface area contributed by atoms with Crippen molar-refractivity contribution < 1.29 is 9.90 Å². The van der Waals surface area contributed by atoms with Gasteiger partial charge in [-0.2, -0.15) is 5.10 Å². The molecular weight excluding hydrogens is 414 g/mol. The van der Waals surface area contributed by atoms with Crippen LogP contribution in [-0.4, -0.2) is 42.9 Å². The van der Waals surface area contributed by atoms with Crippen molar-refractivity contribution in [3.05, 3.63) is 64.2 Å². The summed E-state index contributed by atoms with van der Waals surface area (Å²) in [5, 5.41) is 18.0. The summed E-state index contributed by atoms with van der Waals surface area (Å²) in [5.74, 6) is -0.282. The summed E-state index contributed by atoms with van der Waals surface area (Å²) in [6.45, 7) is 1.79. The number of nitrogens with zero attached hydrogens (tertiary/aromatic N) is 4. The van der Waals surface area contributed by atoms with Gasteiger partial charge in [-0.3, -0.25) is 14.5 Å². The highest BCUT2D eigenvalue weighted by atomic mass is 35.5. The van der Waals surface area contributed by atoms with E-state index in [9.17, 15) is 9.90 Å². The van der Waals surface area contributed by atoms with Gasteiger partial charge in [0, 0.05) is 25.9 Å². The van der Waals surface area contributed by atoms with Crippen LogP contribution in [0.4, 0.5) is 0 Å². The second kappa shape index (κ2) is 9.16. The van der Waals surface area contributed by atoms with E-state index in [4.69, 9.17) is 11.6 Å². The minimum absolute atomic E-state index is 0.231. The maximum Gasteiger partial charge on any atom is 0.270 e. The minimum atomic E-state index is -0.505. The standard InChI is InChI=1S/C23H26ClN5O2/c1-14-22(24)16(11-15-7-8-17(25-13-15)18-9-10-29(2)28-18)12-20(26-14)23(31)27-19-5-3-4-6-21(19)30/h7-10,12-13,19,21,30H,3-6,11H2,1-2H3,(H,27,31)/t19-,21-/m0/s1. The molecule has 0 aromatic carbocycles. The Morgan fingerprint density at radius 2 is 2.06 bits per heavy atom. The van der Waals surface area contributed by atoms with Gasteiger partial charge in [-0.25, -0.2) is 4.98 Å². The van der Waals surface area contributed by atoms with Gasteiger partial charge >= 0.3 is 0 Å². The van der Waals surface area contributed by atoms with Crippen molar-refractivity contribution in [2.45, 2.75) is 51.2 Å². The molecule has 2 atom stereocenters. The Morgan fingerprint density at radius 3 is 2.74 bits per heavy atom. The molecule has 0 saturated heterocycles. The van der Waals surface area contributed by atoms with E-state index >= 15 is 0 Å². The molecular formula is C23H26ClN5O2. The molecule has 0 aliphatic heterocycles. The molecule has 3 heterocycles. The van der Waals surface area contributed by atoms with Gasteiger partial charge in [0.25, 0.3) is 5.91 Å². The van der Waals surface area contributed by atoms with Gasteiger partial charge in [-0.1, -0.05) is 30.5 Å². The first-order valence-corrected chi connectivity index (χ1v) is 10.9. The fraction of sp³-hybridized carbons (Fsp3) is 0.391. The van der Waals surface area contributed by atoms with Gasteiger partial charge in [0.1, 0.15) is 11.4 Å². The van der Waals surface area contributed by atoms with E-state index in [-0.39, 0.29) is 11.9 Å². The van der Waals surface area contributed by atoms with Gasteiger partial charge < -0.3 is 10.4 Å². The molecule has 0 unspecified atom stereocenters. The lowest BCUT2D eigenvalue weighted by Crippen LogP contribution is -2.45. The molecule has 1 saturated carbocycles. The van der Waals surface area contributed by atoms with E-state index in [2.05, 4.69) is 20.4 Å². The second-order valence-corrected chi connectivity index (χ2v) is 8.48. The van der Waals surface area contributed by atoms with Crippen LogP contribution in [-0.2, 0) is 13.5 Å². The summed E-state index contributed by atoms with van der Waals surface area (Å²) in [7, 11) is 1.87. The number of halogens is 1. The third-order valence-corrected chi connectivity index (χ3v) is 6.19. The Morgan fingerprint density at radius 1 is 1.26 bits per heavy atom. The molecule has 0 bridgehead atoms. The lowest BCUT2D eigenvalue weighted by atomic mass is 9.92. The molecule has 3 aromatic heterocycles. The van der Waals surface area contributed by atoms with Crippen LogP contribution in [0.25, 0.3) is 11.4 Å². The molecule has 2 N–H and O–H groups in total. The topological polar surface area (TPSA) is 92.9 Å². The van der Waals surface area contributed by atoms with Crippen molar-refractivity contribution in [3.63, 3.8) is 0 Å². The summed E-state index contributed by atoms with van der Waals surface area (Å²) < 4.78 is 1.74. The van der Waals surface area contributed by atoms with Gasteiger partial charge in [0.05, 0.1) is 28.6 Å². The molecule has 0 radical (unpaired) electrons. The van der Waals surface area contributed by atoms with Crippen LogP contribution in [0.15, 0.2) is 36.7 Å². The normalized spacial score (nSPS) is 18.7. The summed E-state index contributed by atoms with van der Waals surface area (Å²) in [4.78, 5) is 21.7. The summed E-state index contributed by atoms with van der Waals surface area (Å²) in [6, 6.07) is 7.33. The zero-order chi connectivity index (χ0) is 22.0. The van der Waals surface area contributed by atoms with Gasteiger partial charge in [0.2, 0.25) is 0 Å². The van der Waals surface area contributed by atoms with E-state index in [0.29, 0.717) is 29.3 Å². The number of pyridine rings is 2. The average Bonchev–Trinajstić information content (AvgIpc) is 3.19. The highest BCUT2D eigenvalue weighted by Crippen LogP contribution is 2.25. The SMILES string of the molecule is Cc1nc(C(=O)N[C@H]2CCCC[C@@H]2O)cc(Cc2ccc(-c3ccn(C)n3)nc2)c1Cl. The van der Waals surface area contributed by atoms with Crippen LogP contribution in [0.5, 0.6) is 0 Å². The van der Waals surface area contributed by atoms with Crippen molar-refractivity contribution in [3.8, 4) is 11.4 Å². The number of hydrogen-bond donors (Lipinski definition) is 2. The van der Waals surface area contributed by atoms with E-state index < -0.39 is 6.10 Å². The van der Waals surface area contributed by atoms with Crippen LogP contribution in [0, 0.1) is 6.92 Å². The number of aryl methyl sites for hydroxylation is 2. The van der Waals surface area contributed by atoms with Crippen LogP contribution in [0.3, 0.4) is 0 Å². The number of amides is 1. The highest BCUT2D eigenvalue weighted by molar-refractivity contribution is 6.32. The molecule has 31 heavy (non-hydrogen) atoms. The first-order chi connectivity index (χ1) is 14.9. The van der Waals surface area contributed by atoms with Crippen molar-refractivity contribution in [1.29, 1.82) is 0 Å². The maximum absolute atomic E-state index is 12.8. The number of carbonyl (C=O) groups is 1. The van der Waals surface area contributed by atoms with Gasteiger partial charge in [-0.15, -0.1) is 0 Å². The monoisotopic (exact) mass is 439 g/mol. The minimum Gasteiger partial charge on any atom is -0.391 e. The lowest BCUT2D eigenvalue weighted by Gasteiger charge is -2.28. The number of aliphatic hydroxyl groups is 1. The molecule has 3 aromatic rings. The number of carbonyl (C=O) groups excluding carboxylic acids is 1. The number of aromatic nitrogens is 4. The summed E-state index contributed by atoms with van der Waals surface area (Å²) in [5.41, 5.74) is 4.32. The van der Waals surface area contributed by atoms with Crippen LogP contribution in [0.1, 0.15) is 53.0 Å². The van der Waals surface area contributed by atoms with E-state index in [0.717, 1.165) is 41.8 Å². The zero-order valence-corrected chi connectivity index (χ0v) is 18.4.